The van der Waals surface area contributed by atoms with Crippen molar-refractivity contribution >= 4 is 40.1 Å². The maximum absolute atomic E-state index is 14.0. The number of nitrogens with zero attached hydrogens (tertiary/aromatic N) is 2. The molecule has 4 aromatic rings. The van der Waals surface area contributed by atoms with Crippen molar-refractivity contribution in [2.75, 3.05) is 13.7 Å². The predicted octanol–water partition coefficient (Wildman–Crippen LogP) is 4.05. The van der Waals surface area contributed by atoms with Crippen molar-refractivity contribution in [3.05, 3.63) is 115 Å². The SMILES string of the molecule is C=CCOC(=O)C1=C(C)N=c2s/c(=C\c3cccc4ccccc34)c(=O)n2C1c1ccc(OC(C)=O)c(OC)c1. The van der Waals surface area contributed by atoms with Crippen LogP contribution in [-0.2, 0) is 14.3 Å². The number of benzene rings is 3. The second-order valence-electron chi connectivity index (χ2n) is 9.04. The number of fused-ring (bicyclic) bond motifs is 2. The van der Waals surface area contributed by atoms with Gasteiger partial charge < -0.3 is 14.2 Å². The summed E-state index contributed by atoms with van der Waals surface area (Å²) in [5, 5.41) is 2.08. The Balaban J connectivity index is 1.73. The topological polar surface area (TPSA) is 96.2 Å². The van der Waals surface area contributed by atoms with Crippen LogP contribution in [0.25, 0.3) is 16.8 Å². The molecular formula is C31H26N2O6S. The van der Waals surface area contributed by atoms with Gasteiger partial charge in [-0.3, -0.25) is 14.2 Å². The number of carbonyl (C=O) groups excluding carboxylic acids is 2. The molecule has 0 amide bonds. The maximum Gasteiger partial charge on any atom is 0.338 e. The summed E-state index contributed by atoms with van der Waals surface area (Å²) >= 11 is 1.25. The Morgan fingerprint density at radius 3 is 2.62 bits per heavy atom. The van der Waals surface area contributed by atoms with Crippen LogP contribution in [0.1, 0.15) is 31.0 Å². The Kier molecular flexibility index (Phi) is 7.48. The molecule has 0 aliphatic carbocycles. The number of ether oxygens (including phenoxy) is 3. The van der Waals surface area contributed by atoms with Gasteiger partial charge in [0.15, 0.2) is 16.3 Å². The van der Waals surface area contributed by atoms with E-state index in [0.717, 1.165) is 16.3 Å². The molecule has 0 saturated heterocycles. The van der Waals surface area contributed by atoms with Crippen LogP contribution in [0, 0.1) is 0 Å². The highest BCUT2D eigenvalue weighted by Gasteiger charge is 2.34. The highest BCUT2D eigenvalue weighted by atomic mass is 32.1. The van der Waals surface area contributed by atoms with Crippen molar-refractivity contribution in [1.82, 2.24) is 4.57 Å². The molecule has 5 rings (SSSR count). The third-order valence-electron chi connectivity index (χ3n) is 6.44. The van der Waals surface area contributed by atoms with Gasteiger partial charge in [-0.1, -0.05) is 72.5 Å². The first-order chi connectivity index (χ1) is 19.3. The molecule has 2 heterocycles. The zero-order chi connectivity index (χ0) is 28.4. The first kappa shape index (κ1) is 26.8. The molecule has 1 aliphatic heterocycles. The Bertz CT molecular complexity index is 1880. The van der Waals surface area contributed by atoms with E-state index in [1.165, 1.54) is 36.0 Å². The molecule has 0 saturated carbocycles. The smallest absolute Gasteiger partial charge is 0.338 e. The van der Waals surface area contributed by atoms with E-state index in [2.05, 4.69) is 11.6 Å². The van der Waals surface area contributed by atoms with Crippen LogP contribution in [0.5, 0.6) is 11.5 Å². The Hall–Kier alpha value is -4.76. The molecule has 9 heteroatoms. The molecule has 0 N–H and O–H groups in total. The lowest BCUT2D eigenvalue weighted by atomic mass is 9.95. The monoisotopic (exact) mass is 554 g/mol. The molecule has 1 aliphatic rings. The van der Waals surface area contributed by atoms with Crippen molar-refractivity contribution in [3.8, 4) is 11.5 Å². The number of carbonyl (C=O) groups is 2. The van der Waals surface area contributed by atoms with E-state index < -0.39 is 18.0 Å². The van der Waals surface area contributed by atoms with Crippen LogP contribution in [0.2, 0.25) is 0 Å². The molecule has 1 aromatic heterocycles. The van der Waals surface area contributed by atoms with E-state index >= 15 is 0 Å². The molecule has 0 bridgehead atoms. The van der Waals surface area contributed by atoms with E-state index in [-0.39, 0.29) is 29.2 Å². The minimum absolute atomic E-state index is 0.00253. The summed E-state index contributed by atoms with van der Waals surface area (Å²) in [5.74, 6) is -0.618. The summed E-state index contributed by atoms with van der Waals surface area (Å²) in [7, 11) is 1.45. The predicted molar refractivity (Wildman–Crippen MR) is 153 cm³/mol. The van der Waals surface area contributed by atoms with Crippen molar-refractivity contribution in [2.45, 2.75) is 19.9 Å². The molecule has 0 fully saturated rings. The van der Waals surface area contributed by atoms with Crippen molar-refractivity contribution in [3.63, 3.8) is 0 Å². The van der Waals surface area contributed by atoms with Crippen molar-refractivity contribution in [1.29, 1.82) is 0 Å². The quantitative estimate of drug-likeness (QED) is 0.194. The van der Waals surface area contributed by atoms with Crippen LogP contribution in [0.15, 0.2) is 94.4 Å². The van der Waals surface area contributed by atoms with Gasteiger partial charge in [-0.2, -0.15) is 0 Å². The minimum atomic E-state index is -0.858. The summed E-state index contributed by atoms with van der Waals surface area (Å²) in [5.41, 5.74) is 1.80. The number of esters is 2. The highest BCUT2D eigenvalue weighted by molar-refractivity contribution is 7.07. The van der Waals surface area contributed by atoms with E-state index in [4.69, 9.17) is 14.2 Å². The fourth-order valence-electron chi connectivity index (χ4n) is 4.72. The van der Waals surface area contributed by atoms with Gasteiger partial charge >= 0.3 is 11.9 Å². The van der Waals surface area contributed by atoms with Gasteiger partial charge in [0.1, 0.15) is 6.61 Å². The lowest BCUT2D eigenvalue weighted by Gasteiger charge is -2.25. The Labute approximate surface area is 233 Å². The third kappa shape index (κ3) is 4.99. The molecule has 202 valence electrons. The average Bonchev–Trinajstić information content (AvgIpc) is 3.25. The van der Waals surface area contributed by atoms with Crippen molar-refractivity contribution < 1.29 is 23.8 Å². The number of thiazole rings is 1. The molecule has 3 aromatic carbocycles. The van der Waals surface area contributed by atoms with Crippen LogP contribution < -0.4 is 24.4 Å². The largest absolute Gasteiger partial charge is 0.493 e. The van der Waals surface area contributed by atoms with Gasteiger partial charge in [0.05, 0.1) is 29.0 Å². The van der Waals surface area contributed by atoms with Gasteiger partial charge in [-0.25, -0.2) is 9.79 Å². The summed E-state index contributed by atoms with van der Waals surface area (Å²) in [6.45, 7) is 6.62. The zero-order valence-corrected chi connectivity index (χ0v) is 23.0. The summed E-state index contributed by atoms with van der Waals surface area (Å²) in [4.78, 5) is 43.9. The molecule has 8 nitrogen and oxygen atoms in total. The third-order valence-corrected chi connectivity index (χ3v) is 7.42. The highest BCUT2D eigenvalue weighted by Crippen LogP contribution is 2.36. The first-order valence-corrected chi connectivity index (χ1v) is 13.3. The molecule has 0 radical (unpaired) electrons. The standard InChI is InChI=1S/C31H26N2O6S/c1-5-15-38-30(36)27-18(2)32-31-33(28(27)22-13-14-24(39-19(3)34)25(16-22)37-4)29(35)26(40-31)17-21-11-8-10-20-9-6-7-12-23(20)21/h5-14,16-17,28H,1,15H2,2-4H3/b26-17-. The van der Waals surface area contributed by atoms with Crippen LogP contribution in [-0.4, -0.2) is 30.2 Å². The lowest BCUT2D eigenvalue weighted by molar-refractivity contribution is -0.138. The zero-order valence-electron chi connectivity index (χ0n) is 22.2. The number of hydrogen-bond acceptors (Lipinski definition) is 8. The Morgan fingerprint density at radius 2 is 1.88 bits per heavy atom. The number of allylic oxidation sites excluding steroid dienone is 1. The van der Waals surface area contributed by atoms with Crippen LogP contribution in [0.3, 0.4) is 0 Å². The first-order valence-electron chi connectivity index (χ1n) is 12.5. The maximum atomic E-state index is 14.0. The van der Waals surface area contributed by atoms with E-state index in [9.17, 15) is 14.4 Å². The van der Waals surface area contributed by atoms with Crippen LogP contribution >= 0.6 is 11.3 Å². The average molecular weight is 555 g/mol. The van der Waals surface area contributed by atoms with Gasteiger partial charge in [0.2, 0.25) is 0 Å². The summed E-state index contributed by atoms with van der Waals surface area (Å²) in [6, 6.07) is 17.9. The molecule has 40 heavy (non-hydrogen) atoms. The second-order valence-corrected chi connectivity index (χ2v) is 10.1. The number of aromatic nitrogens is 1. The number of rotatable bonds is 7. The van der Waals surface area contributed by atoms with Crippen molar-refractivity contribution in [2.24, 2.45) is 4.99 Å². The normalized spacial score (nSPS) is 14.9. The van der Waals surface area contributed by atoms with Gasteiger partial charge in [0, 0.05) is 6.92 Å². The lowest BCUT2D eigenvalue weighted by Crippen LogP contribution is -2.40. The Morgan fingerprint density at radius 1 is 1.10 bits per heavy atom. The molecular weight excluding hydrogens is 528 g/mol. The molecule has 0 spiro atoms. The fourth-order valence-corrected chi connectivity index (χ4v) is 5.76. The fraction of sp³-hybridized carbons (Fsp3) is 0.161. The van der Waals surface area contributed by atoms with Crippen LogP contribution in [0.4, 0.5) is 0 Å². The molecule has 1 unspecified atom stereocenters. The van der Waals surface area contributed by atoms with Gasteiger partial charge in [-0.15, -0.1) is 0 Å². The van der Waals surface area contributed by atoms with Gasteiger partial charge in [0.25, 0.3) is 5.56 Å². The summed E-state index contributed by atoms with van der Waals surface area (Å²) < 4.78 is 18.1. The minimum Gasteiger partial charge on any atom is -0.493 e. The van der Waals surface area contributed by atoms with E-state index in [1.54, 1.807) is 25.1 Å². The number of hydrogen-bond donors (Lipinski definition) is 0. The van der Waals surface area contributed by atoms with E-state index in [1.807, 2.05) is 48.5 Å². The second kappa shape index (κ2) is 11.2. The van der Waals surface area contributed by atoms with E-state index in [0.29, 0.717) is 20.6 Å². The number of methoxy groups -OCH3 is 1. The van der Waals surface area contributed by atoms with Gasteiger partial charge in [-0.05, 0) is 47.0 Å². The summed E-state index contributed by atoms with van der Waals surface area (Å²) in [6.07, 6.45) is 3.32. The molecule has 1 atom stereocenters.